The molecule has 2 aromatic rings. The topological polar surface area (TPSA) is 30.7 Å². The Hall–Kier alpha value is -1.38. The molecule has 0 fully saturated rings. The van der Waals surface area contributed by atoms with E-state index in [1.165, 1.54) is 57.8 Å². The molecule has 0 spiro atoms. The van der Waals surface area contributed by atoms with E-state index >= 15 is 0 Å². The average Bonchev–Trinajstić information content (AvgIpc) is 2.89. The van der Waals surface area contributed by atoms with Crippen molar-refractivity contribution in [2.75, 3.05) is 0 Å². The van der Waals surface area contributed by atoms with Gasteiger partial charge in [0.25, 0.3) is 0 Å². The third-order valence-corrected chi connectivity index (χ3v) is 3.89. The van der Waals surface area contributed by atoms with Gasteiger partial charge in [0, 0.05) is 6.54 Å². The summed E-state index contributed by atoms with van der Waals surface area (Å²) in [6, 6.07) is 8.19. The van der Waals surface area contributed by atoms with E-state index in [2.05, 4.69) is 29.4 Å². The lowest BCUT2D eigenvalue weighted by Gasteiger charge is -2.03. The number of aromatic nitrogens is 3. The predicted octanol–water partition coefficient (Wildman–Crippen LogP) is 4.96. The second kappa shape index (κ2) is 8.72. The minimum atomic E-state index is 0.996. The normalized spacial score (nSPS) is 11.2. The van der Waals surface area contributed by atoms with Crippen LogP contribution in [0.15, 0.2) is 24.3 Å². The fraction of sp³-hybridized carbons (Fsp3) is 0.647. The summed E-state index contributed by atoms with van der Waals surface area (Å²) in [7, 11) is 0. The number of para-hydroxylation sites is 1. The highest BCUT2D eigenvalue weighted by Crippen LogP contribution is 2.13. The Bertz CT molecular complexity index is 490. The first kappa shape index (κ1) is 15.0. The van der Waals surface area contributed by atoms with Crippen LogP contribution in [0.25, 0.3) is 11.0 Å². The first-order valence-corrected chi connectivity index (χ1v) is 8.20. The lowest BCUT2D eigenvalue weighted by atomic mass is 10.1. The third-order valence-electron chi connectivity index (χ3n) is 3.89. The maximum absolute atomic E-state index is 4.23. The maximum atomic E-state index is 4.23. The van der Waals surface area contributed by atoms with Gasteiger partial charge >= 0.3 is 0 Å². The van der Waals surface area contributed by atoms with E-state index in [9.17, 15) is 0 Å². The minimum absolute atomic E-state index is 0.996. The zero-order valence-electron chi connectivity index (χ0n) is 12.7. The van der Waals surface area contributed by atoms with Gasteiger partial charge in [-0.25, -0.2) is 4.68 Å². The van der Waals surface area contributed by atoms with E-state index < -0.39 is 0 Å². The van der Waals surface area contributed by atoms with Gasteiger partial charge in [-0.1, -0.05) is 75.6 Å². The van der Waals surface area contributed by atoms with Gasteiger partial charge < -0.3 is 0 Å². The van der Waals surface area contributed by atoms with Gasteiger partial charge in [-0.15, -0.1) is 5.10 Å². The van der Waals surface area contributed by atoms with Crippen molar-refractivity contribution >= 4 is 11.0 Å². The number of hydrogen-bond acceptors (Lipinski definition) is 2. The lowest BCUT2D eigenvalue weighted by molar-refractivity contribution is 0.517. The zero-order valence-corrected chi connectivity index (χ0v) is 12.7. The molecular formula is C17H27N3. The van der Waals surface area contributed by atoms with Gasteiger partial charge in [0.1, 0.15) is 5.52 Å². The van der Waals surface area contributed by atoms with Crippen molar-refractivity contribution in [1.82, 2.24) is 15.0 Å². The van der Waals surface area contributed by atoms with Crippen LogP contribution in [0.4, 0.5) is 0 Å². The molecule has 0 aliphatic carbocycles. The quantitative estimate of drug-likeness (QED) is 0.573. The average molecular weight is 273 g/mol. The molecule has 0 unspecified atom stereocenters. The summed E-state index contributed by atoms with van der Waals surface area (Å²) in [6.07, 6.45) is 12.3. The first-order chi connectivity index (χ1) is 9.92. The summed E-state index contributed by atoms with van der Waals surface area (Å²) < 4.78 is 2.04. The molecule has 0 N–H and O–H groups in total. The molecule has 1 aromatic carbocycles. The van der Waals surface area contributed by atoms with Crippen molar-refractivity contribution in [1.29, 1.82) is 0 Å². The molecule has 110 valence electrons. The Labute approximate surface area is 122 Å². The highest BCUT2D eigenvalue weighted by atomic mass is 15.4. The number of hydrogen-bond donors (Lipinski definition) is 0. The number of benzene rings is 1. The number of unbranched alkanes of at least 4 members (excludes halogenated alkanes) is 8. The number of fused-ring (bicyclic) bond motifs is 1. The van der Waals surface area contributed by atoms with Crippen LogP contribution in [0, 0.1) is 0 Å². The van der Waals surface area contributed by atoms with Crippen LogP contribution in [-0.2, 0) is 6.54 Å². The largest absolute Gasteiger partial charge is 0.245 e. The summed E-state index contributed by atoms with van der Waals surface area (Å²) >= 11 is 0. The standard InChI is InChI=1S/C17H27N3/c1-2-3-4-5-6-7-8-9-12-15-20-17-14-11-10-13-16(17)18-19-20/h10-11,13-14H,2-9,12,15H2,1H3. The molecule has 3 heteroatoms. The van der Waals surface area contributed by atoms with Crippen molar-refractivity contribution in [3.05, 3.63) is 24.3 Å². The first-order valence-electron chi connectivity index (χ1n) is 8.20. The lowest BCUT2D eigenvalue weighted by Crippen LogP contribution is -2.00. The number of rotatable bonds is 10. The Morgan fingerprint density at radius 2 is 1.50 bits per heavy atom. The van der Waals surface area contributed by atoms with Crippen molar-refractivity contribution in [3.63, 3.8) is 0 Å². The summed E-state index contributed by atoms with van der Waals surface area (Å²) in [5.74, 6) is 0. The van der Waals surface area contributed by atoms with E-state index in [4.69, 9.17) is 0 Å². The van der Waals surface area contributed by atoms with E-state index in [0.29, 0.717) is 0 Å². The zero-order chi connectivity index (χ0) is 14.0. The Morgan fingerprint density at radius 3 is 2.25 bits per heavy atom. The summed E-state index contributed by atoms with van der Waals surface area (Å²) in [6.45, 7) is 3.27. The van der Waals surface area contributed by atoms with E-state index in [-0.39, 0.29) is 0 Å². The Balaban J connectivity index is 1.57. The third kappa shape index (κ3) is 4.62. The van der Waals surface area contributed by atoms with Crippen molar-refractivity contribution in [2.45, 2.75) is 71.3 Å². The second-order valence-electron chi connectivity index (χ2n) is 5.63. The monoisotopic (exact) mass is 273 g/mol. The van der Waals surface area contributed by atoms with Gasteiger partial charge in [-0.3, -0.25) is 0 Å². The molecule has 1 heterocycles. The van der Waals surface area contributed by atoms with E-state index in [1.54, 1.807) is 0 Å². The Kier molecular flexibility index (Phi) is 6.55. The van der Waals surface area contributed by atoms with Crippen LogP contribution < -0.4 is 0 Å². The summed E-state index contributed by atoms with van der Waals surface area (Å²) in [5.41, 5.74) is 2.16. The SMILES string of the molecule is CCCCCCCCCCCn1nnc2ccccc21. The fourth-order valence-corrected chi connectivity index (χ4v) is 2.65. The van der Waals surface area contributed by atoms with Gasteiger partial charge in [0.2, 0.25) is 0 Å². The molecule has 0 saturated carbocycles. The molecule has 0 radical (unpaired) electrons. The summed E-state index contributed by atoms with van der Waals surface area (Å²) in [4.78, 5) is 0. The van der Waals surface area contributed by atoms with E-state index in [0.717, 1.165) is 17.6 Å². The van der Waals surface area contributed by atoms with Gasteiger partial charge in [-0.2, -0.15) is 0 Å². The molecule has 0 bridgehead atoms. The summed E-state index contributed by atoms with van der Waals surface area (Å²) in [5, 5.41) is 8.42. The molecule has 2 rings (SSSR count). The predicted molar refractivity (Wildman–Crippen MR) is 84.8 cm³/mol. The molecule has 0 amide bonds. The number of aryl methyl sites for hydroxylation is 1. The molecule has 0 saturated heterocycles. The van der Waals surface area contributed by atoms with Crippen molar-refractivity contribution in [2.24, 2.45) is 0 Å². The Morgan fingerprint density at radius 1 is 0.850 bits per heavy atom. The molecule has 1 aromatic heterocycles. The van der Waals surface area contributed by atoms with Gasteiger partial charge in [0.15, 0.2) is 0 Å². The van der Waals surface area contributed by atoms with E-state index in [1.807, 2.05) is 16.8 Å². The highest BCUT2D eigenvalue weighted by Gasteiger charge is 2.02. The van der Waals surface area contributed by atoms with Crippen LogP contribution in [0.1, 0.15) is 64.7 Å². The molecule has 0 aliphatic heterocycles. The van der Waals surface area contributed by atoms with Crippen LogP contribution in [-0.4, -0.2) is 15.0 Å². The molecule has 0 aliphatic rings. The molecular weight excluding hydrogens is 246 g/mol. The van der Waals surface area contributed by atoms with Gasteiger partial charge in [-0.05, 0) is 18.6 Å². The van der Waals surface area contributed by atoms with Crippen LogP contribution in [0.3, 0.4) is 0 Å². The smallest absolute Gasteiger partial charge is 0.113 e. The number of nitrogens with zero attached hydrogens (tertiary/aromatic N) is 3. The van der Waals surface area contributed by atoms with Crippen LogP contribution in [0.5, 0.6) is 0 Å². The minimum Gasteiger partial charge on any atom is -0.245 e. The van der Waals surface area contributed by atoms with Gasteiger partial charge in [0.05, 0.1) is 5.52 Å². The van der Waals surface area contributed by atoms with Crippen molar-refractivity contribution in [3.8, 4) is 0 Å². The maximum Gasteiger partial charge on any atom is 0.113 e. The molecule has 20 heavy (non-hydrogen) atoms. The fourth-order valence-electron chi connectivity index (χ4n) is 2.65. The second-order valence-corrected chi connectivity index (χ2v) is 5.63. The van der Waals surface area contributed by atoms with Crippen molar-refractivity contribution < 1.29 is 0 Å². The molecule has 0 atom stereocenters. The highest BCUT2D eigenvalue weighted by molar-refractivity contribution is 5.73. The van der Waals surface area contributed by atoms with Crippen LogP contribution in [0.2, 0.25) is 0 Å². The molecule has 3 nitrogen and oxygen atoms in total. The van der Waals surface area contributed by atoms with Crippen LogP contribution >= 0.6 is 0 Å².